The molecule has 0 spiro atoms. The Bertz CT molecular complexity index is 175. The summed E-state index contributed by atoms with van der Waals surface area (Å²) in [5, 5.41) is 0. The summed E-state index contributed by atoms with van der Waals surface area (Å²) in [7, 11) is 1.70. The molecule has 0 amide bonds. The van der Waals surface area contributed by atoms with Crippen molar-refractivity contribution in [2.75, 3.05) is 46.6 Å². The van der Waals surface area contributed by atoms with E-state index in [9.17, 15) is 4.79 Å². The molecule has 1 aliphatic heterocycles. The van der Waals surface area contributed by atoms with Crippen LogP contribution in [0.5, 0.6) is 0 Å². The largest absolute Gasteiger partial charge is 0.385 e. The lowest BCUT2D eigenvalue weighted by molar-refractivity contribution is -0.121. The normalized spacial score (nSPS) is 18.3. The van der Waals surface area contributed by atoms with Gasteiger partial charge >= 0.3 is 0 Å². The second-order valence-electron chi connectivity index (χ2n) is 3.84. The van der Waals surface area contributed by atoms with E-state index < -0.39 is 0 Å². The minimum atomic E-state index is 0.396. The molecule has 1 fully saturated rings. The number of carbonyl (C=O) groups excluding carboxylic acids is 1. The summed E-state index contributed by atoms with van der Waals surface area (Å²) in [4.78, 5) is 13.3. The van der Waals surface area contributed by atoms with Crippen LogP contribution in [0.3, 0.4) is 0 Å². The molecule has 1 aliphatic rings. The summed E-state index contributed by atoms with van der Waals surface area (Å²) in [6, 6.07) is 0. The number of ether oxygens (including phenoxy) is 2. The standard InChI is InChI=1S/C11H21NO3/c1-14-8-2-9-15-10-7-12-5-3-11(13)4-6-12/h2-10H2,1H3. The van der Waals surface area contributed by atoms with Crippen LogP contribution in [0.25, 0.3) is 0 Å². The molecule has 4 nitrogen and oxygen atoms in total. The van der Waals surface area contributed by atoms with Crippen molar-refractivity contribution in [1.82, 2.24) is 4.90 Å². The van der Waals surface area contributed by atoms with Gasteiger partial charge in [-0.2, -0.15) is 0 Å². The molecule has 4 heteroatoms. The molecule has 0 N–H and O–H groups in total. The Hall–Kier alpha value is -0.450. The molecule has 0 aromatic rings. The highest BCUT2D eigenvalue weighted by Gasteiger charge is 2.14. The van der Waals surface area contributed by atoms with Crippen molar-refractivity contribution in [3.05, 3.63) is 0 Å². The SMILES string of the molecule is COCCCOCCN1CCC(=O)CC1. The van der Waals surface area contributed by atoms with Crippen molar-refractivity contribution in [2.45, 2.75) is 19.3 Å². The topological polar surface area (TPSA) is 38.8 Å². The number of methoxy groups -OCH3 is 1. The number of carbonyl (C=O) groups is 1. The molecule has 0 unspecified atom stereocenters. The molecule has 88 valence electrons. The van der Waals surface area contributed by atoms with Crippen LogP contribution in [0.2, 0.25) is 0 Å². The van der Waals surface area contributed by atoms with E-state index in [1.807, 2.05) is 0 Å². The van der Waals surface area contributed by atoms with Crippen LogP contribution in [0.1, 0.15) is 19.3 Å². The summed E-state index contributed by atoms with van der Waals surface area (Å²) in [6.07, 6.45) is 2.38. The highest BCUT2D eigenvalue weighted by Crippen LogP contribution is 2.04. The zero-order valence-corrected chi connectivity index (χ0v) is 9.54. The summed E-state index contributed by atoms with van der Waals surface area (Å²) in [6.45, 7) is 5.04. The highest BCUT2D eigenvalue weighted by molar-refractivity contribution is 5.79. The van der Waals surface area contributed by atoms with Crippen molar-refractivity contribution in [2.24, 2.45) is 0 Å². The first kappa shape index (κ1) is 12.6. The van der Waals surface area contributed by atoms with E-state index in [0.717, 1.165) is 45.9 Å². The fourth-order valence-electron chi connectivity index (χ4n) is 1.63. The molecule has 0 saturated carbocycles. The number of hydrogen-bond donors (Lipinski definition) is 0. The van der Waals surface area contributed by atoms with Gasteiger partial charge in [-0.05, 0) is 6.42 Å². The third-order valence-corrected chi connectivity index (χ3v) is 2.60. The summed E-state index contributed by atoms with van der Waals surface area (Å²) in [5.74, 6) is 0.396. The zero-order chi connectivity index (χ0) is 10.9. The first-order chi connectivity index (χ1) is 7.33. The third-order valence-electron chi connectivity index (χ3n) is 2.60. The van der Waals surface area contributed by atoms with E-state index in [1.165, 1.54) is 0 Å². The van der Waals surface area contributed by atoms with Crippen molar-refractivity contribution >= 4 is 5.78 Å². The molecule has 0 radical (unpaired) electrons. The van der Waals surface area contributed by atoms with Gasteiger partial charge in [0.2, 0.25) is 0 Å². The second kappa shape index (κ2) is 7.79. The average molecular weight is 215 g/mol. The monoisotopic (exact) mass is 215 g/mol. The lowest BCUT2D eigenvalue weighted by Crippen LogP contribution is -2.36. The van der Waals surface area contributed by atoms with Crippen LogP contribution >= 0.6 is 0 Å². The maximum absolute atomic E-state index is 11.0. The fraction of sp³-hybridized carbons (Fsp3) is 0.909. The smallest absolute Gasteiger partial charge is 0.135 e. The van der Waals surface area contributed by atoms with E-state index in [1.54, 1.807) is 7.11 Å². The Morgan fingerprint density at radius 2 is 1.93 bits per heavy atom. The van der Waals surface area contributed by atoms with Crippen LogP contribution in [-0.2, 0) is 14.3 Å². The molecule has 15 heavy (non-hydrogen) atoms. The molecule has 0 aromatic carbocycles. The number of nitrogens with zero attached hydrogens (tertiary/aromatic N) is 1. The van der Waals surface area contributed by atoms with Crippen molar-refractivity contribution in [1.29, 1.82) is 0 Å². The van der Waals surface area contributed by atoms with Crippen LogP contribution < -0.4 is 0 Å². The van der Waals surface area contributed by atoms with Gasteiger partial charge in [0.25, 0.3) is 0 Å². The summed E-state index contributed by atoms with van der Waals surface area (Å²) in [5.41, 5.74) is 0. The lowest BCUT2D eigenvalue weighted by atomic mass is 10.1. The van der Waals surface area contributed by atoms with E-state index in [-0.39, 0.29) is 0 Å². The van der Waals surface area contributed by atoms with Crippen molar-refractivity contribution in [3.8, 4) is 0 Å². The van der Waals surface area contributed by atoms with Crippen molar-refractivity contribution in [3.63, 3.8) is 0 Å². The molecule has 1 saturated heterocycles. The van der Waals surface area contributed by atoms with Gasteiger partial charge in [-0.15, -0.1) is 0 Å². The first-order valence-corrected chi connectivity index (χ1v) is 5.63. The zero-order valence-electron chi connectivity index (χ0n) is 9.54. The molecule has 1 heterocycles. The van der Waals surface area contributed by atoms with E-state index in [4.69, 9.17) is 9.47 Å². The number of hydrogen-bond acceptors (Lipinski definition) is 4. The Kier molecular flexibility index (Phi) is 6.55. The highest BCUT2D eigenvalue weighted by atomic mass is 16.5. The molecule has 0 aromatic heterocycles. The molecular formula is C11H21NO3. The Morgan fingerprint density at radius 3 is 2.60 bits per heavy atom. The maximum Gasteiger partial charge on any atom is 0.135 e. The lowest BCUT2D eigenvalue weighted by Gasteiger charge is -2.25. The minimum Gasteiger partial charge on any atom is -0.385 e. The molecular weight excluding hydrogens is 194 g/mol. The van der Waals surface area contributed by atoms with Gasteiger partial charge in [-0.25, -0.2) is 0 Å². The van der Waals surface area contributed by atoms with Gasteiger partial charge < -0.3 is 14.4 Å². The number of rotatable bonds is 7. The average Bonchev–Trinajstić information content (AvgIpc) is 2.26. The predicted molar refractivity (Wildman–Crippen MR) is 58.0 cm³/mol. The molecule has 0 bridgehead atoms. The fourth-order valence-corrected chi connectivity index (χ4v) is 1.63. The van der Waals surface area contributed by atoms with Crippen LogP contribution in [0, 0.1) is 0 Å². The van der Waals surface area contributed by atoms with E-state index >= 15 is 0 Å². The minimum absolute atomic E-state index is 0.396. The van der Waals surface area contributed by atoms with Gasteiger partial charge in [0.1, 0.15) is 5.78 Å². The quantitative estimate of drug-likeness (QED) is 0.586. The van der Waals surface area contributed by atoms with Gasteiger partial charge in [0, 0.05) is 52.8 Å². The van der Waals surface area contributed by atoms with Crippen LogP contribution in [-0.4, -0.2) is 57.2 Å². The predicted octanol–water partition coefficient (Wildman–Crippen LogP) is 0.704. The van der Waals surface area contributed by atoms with Gasteiger partial charge in [0.05, 0.1) is 6.61 Å². The summed E-state index contributed by atoms with van der Waals surface area (Å²) >= 11 is 0. The van der Waals surface area contributed by atoms with Crippen molar-refractivity contribution < 1.29 is 14.3 Å². The number of Topliss-reactive ketones (excluding diaryl/α,β-unsaturated/α-hetero) is 1. The third kappa shape index (κ3) is 5.87. The van der Waals surface area contributed by atoms with Crippen LogP contribution in [0.15, 0.2) is 0 Å². The molecule has 0 aliphatic carbocycles. The van der Waals surface area contributed by atoms with Gasteiger partial charge in [-0.3, -0.25) is 4.79 Å². The maximum atomic E-state index is 11.0. The molecule has 1 rings (SSSR count). The molecule has 0 atom stereocenters. The second-order valence-corrected chi connectivity index (χ2v) is 3.84. The number of ketones is 1. The Labute approximate surface area is 91.5 Å². The van der Waals surface area contributed by atoms with E-state index in [0.29, 0.717) is 18.6 Å². The number of likely N-dealkylation sites (tertiary alicyclic amines) is 1. The van der Waals surface area contributed by atoms with Gasteiger partial charge in [0.15, 0.2) is 0 Å². The number of piperidine rings is 1. The Morgan fingerprint density at radius 1 is 1.20 bits per heavy atom. The summed E-state index contributed by atoms with van der Waals surface area (Å²) < 4.78 is 10.4. The van der Waals surface area contributed by atoms with E-state index in [2.05, 4.69) is 4.90 Å². The van der Waals surface area contributed by atoms with Crippen LogP contribution in [0.4, 0.5) is 0 Å². The first-order valence-electron chi connectivity index (χ1n) is 5.63. The van der Waals surface area contributed by atoms with Gasteiger partial charge in [-0.1, -0.05) is 0 Å². The Balaban J connectivity index is 1.89.